The fraction of sp³-hybridized carbons (Fsp3) is 0.250. The number of oxime groups is 1. The molecule has 0 radical (unpaired) electrons. The molecule has 1 aliphatic heterocycles. The molecule has 0 aliphatic carbocycles. The van der Waals surface area contributed by atoms with Crippen LogP contribution in [0.3, 0.4) is 0 Å². The lowest BCUT2D eigenvalue weighted by Crippen LogP contribution is -2.22. The Hall–Kier alpha value is -2.37. The van der Waals surface area contributed by atoms with Gasteiger partial charge in [0.1, 0.15) is 0 Å². The molecule has 0 saturated heterocycles. The van der Waals surface area contributed by atoms with E-state index in [2.05, 4.69) is 9.99 Å². The summed E-state index contributed by atoms with van der Waals surface area (Å²) in [5.41, 5.74) is 2.65. The SMILES string of the molecule is CC(=O)O/N=C1\CCn2c(=O)oc3cccc1c32. The van der Waals surface area contributed by atoms with Gasteiger partial charge in [-0.2, -0.15) is 0 Å². The van der Waals surface area contributed by atoms with Crippen molar-refractivity contribution in [3.05, 3.63) is 34.3 Å². The fourth-order valence-corrected chi connectivity index (χ4v) is 2.13. The summed E-state index contributed by atoms with van der Waals surface area (Å²) in [6.07, 6.45) is 0.527. The Morgan fingerprint density at radius 1 is 1.50 bits per heavy atom. The minimum atomic E-state index is -0.468. The van der Waals surface area contributed by atoms with Gasteiger partial charge in [0.05, 0.1) is 11.2 Å². The minimum Gasteiger partial charge on any atom is -0.408 e. The lowest BCUT2D eigenvalue weighted by atomic mass is 10.0. The molecular weight excluding hydrogens is 236 g/mol. The molecule has 1 aromatic heterocycles. The summed E-state index contributed by atoms with van der Waals surface area (Å²) in [5, 5.41) is 3.83. The molecule has 1 aromatic carbocycles. The second-order valence-electron chi connectivity index (χ2n) is 4.04. The van der Waals surface area contributed by atoms with Crippen LogP contribution in [0, 0.1) is 0 Å². The van der Waals surface area contributed by atoms with E-state index in [-0.39, 0.29) is 5.76 Å². The molecule has 6 nitrogen and oxygen atoms in total. The summed E-state index contributed by atoms with van der Waals surface area (Å²) >= 11 is 0. The number of oxazole rings is 1. The Kier molecular flexibility index (Phi) is 2.29. The number of aryl methyl sites for hydroxylation is 1. The number of hydrogen-bond donors (Lipinski definition) is 0. The van der Waals surface area contributed by atoms with Gasteiger partial charge in [0.15, 0.2) is 5.58 Å². The van der Waals surface area contributed by atoms with Crippen molar-refractivity contribution in [2.45, 2.75) is 19.9 Å². The number of aromatic nitrogens is 1. The lowest BCUT2D eigenvalue weighted by molar-refractivity contribution is -0.140. The normalized spacial score (nSPS) is 16.2. The van der Waals surface area contributed by atoms with Gasteiger partial charge >= 0.3 is 11.7 Å². The van der Waals surface area contributed by atoms with Gasteiger partial charge in [-0.05, 0) is 6.07 Å². The van der Waals surface area contributed by atoms with E-state index in [1.807, 2.05) is 6.07 Å². The third-order valence-corrected chi connectivity index (χ3v) is 2.85. The lowest BCUT2D eigenvalue weighted by Gasteiger charge is -2.14. The monoisotopic (exact) mass is 246 g/mol. The average molecular weight is 246 g/mol. The Bertz CT molecular complexity index is 723. The quantitative estimate of drug-likeness (QED) is 0.561. The molecular formula is C12H10N2O4. The van der Waals surface area contributed by atoms with Gasteiger partial charge < -0.3 is 9.25 Å². The minimum absolute atomic E-state index is 0.371. The van der Waals surface area contributed by atoms with Crippen LogP contribution in [-0.2, 0) is 16.2 Å². The van der Waals surface area contributed by atoms with Crippen molar-refractivity contribution in [2.75, 3.05) is 0 Å². The van der Waals surface area contributed by atoms with Gasteiger partial charge in [-0.1, -0.05) is 17.3 Å². The van der Waals surface area contributed by atoms with E-state index < -0.39 is 5.97 Å². The molecule has 18 heavy (non-hydrogen) atoms. The van der Waals surface area contributed by atoms with Crippen LogP contribution in [0.5, 0.6) is 0 Å². The summed E-state index contributed by atoms with van der Waals surface area (Å²) in [5.74, 6) is -0.839. The standard InChI is InChI=1S/C12H10N2O4/c1-7(15)18-13-9-5-6-14-11-8(9)3-2-4-10(11)17-12(14)16/h2-4H,5-6H2,1H3/b13-9+. The third-order valence-electron chi connectivity index (χ3n) is 2.85. The number of carbonyl (C=O) groups is 1. The molecule has 0 saturated carbocycles. The molecule has 0 bridgehead atoms. The van der Waals surface area contributed by atoms with Crippen molar-refractivity contribution in [1.82, 2.24) is 4.57 Å². The first kappa shape index (κ1) is 10.8. The Labute approximate surface area is 101 Å². The molecule has 0 N–H and O–H groups in total. The Morgan fingerprint density at radius 3 is 3.11 bits per heavy atom. The molecule has 92 valence electrons. The van der Waals surface area contributed by atoms with E-state index in [9.17, 15) is 9.59 Å². The maximum atomic E-state index is 11.6. The number of para-hydroxylation sites is 1. The highest BCUT2D eigenvalue weighted by molar-refractivity contribution is 6.10. The van der Waals surface area contributed by atoms with Gasteiger partial charge in [-0.3, -0.25) is 4.57 Å². The average Bonchev–Trinajstić information content (AvgIpc) is 2.67. The number of benzene rings is 1. The van der Waals surface area contributed by atoms with Crippen LogP contribution in [0.2, 0.25) is 0 Å². The van der Waals surface area contributed by atoms with Crippen molar-refractivity contribution in [3.8, 4) is 0 Å². The van der Waals surface area contributed by atoms with Crippen molar-refractivity contribution >= 4 is 22.8 Å². The molecule has 2 heterocycles. The van der Waals surface area contributed by atoms with Crippen molar-refractivity contribution in [2.24, 2.45) is 5.16 Å². The van der Waals surface area contributed by atoms with E-state index >= 15 is 0 Å². The highest BCUT2D eigenvalue weighted by Crippen LogP contribution is 2.24. The molecule has 3 rings (SSSR count). The first-order valence-corrected chi connectivity index (χ1v) is 5.54. The maximum absolute atomic E-state index is 11.6. The Balaban J connectivity index is 2.21. The van der Waals surface area contributed by atoms with Crippen molar-refractivity contribution in [3.63, 3.8) is 0 Å². The van der Waals surface area contributed by atoms with Gasteiger partial charge in [-0.15, -0.1) is 0 Å². The predicted molar refractivity (Wildman–Crippen MR) is 63.4 cm³/mol. The number of rotatable bonds is 1. The van der Waals surface area contributed by atoms with E-state index in [4.69, 9.17) is 4.42 Å². The van der Waals surface area contributed by atoms with E-state index in [1.54, 1.807) is 16.7 Å². The zero-order valence-corrected chi connectivity index (χ0v) is 9.67. The van der Waals surface area contributed by atoms with Crippen LogP contribution in [0.1, 0.15) is 18.9 Å². The predicted octanol–water partition coefficient (Wildman–Crippen LogP) is 1.27. The second kappa shape index (κ2) is 3.83. The summed E-state index contributed by atoms with van der Waals surface area (Å²) in [6, 6.07) is 5.33. The second-order valence-corrected chi connectivity index (χ2v) is 4.04. The van der Waals surface area contributed by atoms with Crippen LogP contribution in [0.4, 0.5) is 0 Å². The number of hydrogen-bond acceptors (Lipinski definition) is 5. The third kappa shape index (κ3) is 1.54. The van der Waals surface area contributed by atoms with Gasteiger partial charge in [-0.25, -0.2) is 9.59 Å². The van der Waals surface area contributed by atoms with Crippen molar-refractivity contribution in [1.29, 1.82) is 0 Å². The van der Waals surface area contributed by atoms with Gasteiger partial charge in [0.2, 0.25) is 0 Å². The molecule has 0 fully saturated rings. The summed E-state index contributed by atoms with van der Waals surface area (Å²) in [7, 11) is 0. The zero-order chi connectivity index (χ0) is 12.7. The first-order chi connectivity index (χ1) is 8.66. The van der Waals surface area contributed by atoms with Crippen LogP contribution in [0.25, 0.3) is 11.1 Å². The Morgan fingerprint density at radius 2 is 2.33 bits per heavy atom. The number of nitrogens with zero attached hydrogens (tertiary/aromatic N) is 2. The molecule has 2 aromatic rings. The topological polar surface area (TPSA) is 73.8 Å². The summed E-state index contributed by atoms with van der Waals surface area (Å²) < 4.78 is 6.70. The smallest absolute Gasteiger partial charge is 0.408 e. The molecule has 0 atom stereocenters. The maximum Gasteiger partial charge on any atom is 0.419 e. The van der Waals surface area contributed by atoms with Crippen LogP contribution >= 0.6 is 0 Å². The van der Waals surface area contributed by atoms with Gasteiger partial charge in [0, 0.05) is 25.5 Å². The van der Waals surface area contributed by atoms with E-state index in [0.717, 1.165) is 5.56 Å². The van der Waals surface area contributed by atoms with Gasteiger partial charge in [0.25, 0.3) is 0 Å². The number of carbonyl (C=O) groups excluding carboxylic acids is 1. The molecule has 0 spiro atoms. The van der Waals surface area contributed by atoms with Crippen LogP contribution in [-0.4, -0.2) is 16.2 Å². The first-order valence-electron chi connectivity index (χ1n) is 5.54. The largest absolute Gasteiger partial charge is 0.419 e. The van der Waals surface area contributed by atoms with E-state index in [1.165, 1.54) is 6.92 Å². The van der Waals surface area contributed by atoms with Crippen LogP contribution < -0.4 is 5.76 Å². The van der Waals surface area contributed by atoms with Crippen molar-refractivity contribution < 1.29 is 14.0 Å². The zero-order valence-electron chi connectivity index (χ0n) is 9.67. The fourth-order valence-electron chi connectivity index (χ4n) is 2.13. The van der Waals surface area contributed by atoms with Crippen LogP contribution in [0.15, 0.2) is 32.6 Å². The van der Waals surface area contributed by atoms with E-state index in [0.29, 0.717) is 29.8 Å². The highest BCUT2D eigenvalue weighted by Gasteiger charge is 2.22. The molecule has 1 aliphatic rings. The molecule has 0 unspecified atom stereocenters. The highest BCUT2D eigenvalue weighted by atomic mass is 16.7. The summed E-state index contributed by atoms with van der Waals surface area (Å²) in [6.45, 7) is 1.77. The molecule has 0 amide bonds. The molecule has 6 heteroatoms. The summed E-state index contributed by atoms with van der Waals surface area (Å²) in [4.78, 5) is 27.0.